The third-order valence-electron chi connectivity index (χ3n) is 2.72. The molecule has 0 bridgehead atoms. The van der Waals surface area contributed by atoms with E-state index in [1.165, 1.54) is 0 Å². The van der Waals surface area contributed by atoms with Gasteiger partial charge in [-0.2, -0.15) is 5.26 Å². The average molecular weight is 246 g/mol. The van der Waals surface area contributed by atoms with Crippen LogP contribution in [0.25, 0.3) is 0 Å². The highest BCUT2D eigenvalue weighted by molar-refractivity contribution is 5.31. The van der Waals surface area contributed by atoms with Crippen LogP contribution in [0.15, 0.2) is 24.3 Å². The fraction of sp³-hybridized carbons (Fsp3) is 0.533. The van der Waals surface area contributed by atoms with E-state index in [0.29, 0.717) is 12.5 Å². The van der Waals surface area contributed by atoms with Crippen LogP contribution in [0.4, 0.5) is 0 Å². The van der Waals surface area contributed by atoms with Crippen molar-refractivity contribution in [3.05, 3.63) is 29.8 Å². The number of nitrogens with zero attached hydrogens (tertiary/aromatic N) is 1. The normalized spacial score (nSPS) is 12.2. The third kappa shape index (κ3) is 4.77. The number of ether oxygens (including phenoxy) is 1. The Bertz CT molecular complexity index is 378. The van der Waals surface area contributed by atoms with Crippen LogP contribution >= 0.6 is 0 Å². The Morgan fingerprint density at radius 3 is 2.44 bits per heavy atom. The summed E-state index contributed by atoms with van der Waals surface area (Å²) in [4.78, 5) is 0. The molecule has 0 aliphatic rings. The Morgan fingerprint density at radius 1 is 1.28 bits per heavy atom. The molecule has 0 fully saturated rings. The molecule has 0 saturated carbocycles. The predicted octanol–water partition coefficient (Wildman–Crippen LogP) is 3.29. The molecule has 1 unspecified atom stereocenters. The van der Waals surface area contributed by atoms with Crippen LogP contribution in [0.2, 0.25) is 0 Å². The van der Waals surface area contributed by atoms with Crippen LogP contribution in [0, 0.1) is 17.2 Å². The van der Waals surface area contributed by atoms with Crippen molar-refractivity contribution in [2.75, 3.05) is 13.2 Å². The first-order valence-electron chi connectivity index (χ1n) is 6.53. The van der Waals surface area contributed by atoms with Gasteiger partial charge in [-0.05, 0) is 43.5 Å². The largest absolute Gasteiger partial charge is 0.494 e. The topological polar surface area (TPSA) is 45.0 Å². The Hall–Kier alpha value is -1.53. The minimum atomic E-state index is -0.237. The van der Waals surface area contributed by atoms with Crippen molar-refractivity contribution in [3.8, 4) is 11.8 Å². The summed E-state index contributed by atoms with van der Waals surface area (Å²) in [6.07, 6.45) is 1.08. The zero-order chi connectivity index (χ0) is 13.4. The van der Waals surface area contributed by atoms with Crippen LogP contribution in [-0.4, -0.2) is 13.2 Å². The Labute approximate surface area is 110 Å². The highest BCUT2D eigenvalue weighted by atomic mass is 16.5. The molecule has 0 saturated heterocycles. The molecule has 1 atom stereocenters. The summed E-state index contributed by atoms with van der Waals surface area (Å²) in [5, 5.41) is 12.4. The lowest BCUT2D eigenvalue weighted by Gasteiger charge is -2.13. The number of hydrogen-bond donors (Lipinski definition) is 1. The second kappa shape index (κ2) is 7.73. The molecule has 0 aliphatic carbocycles. The van der Waals surface area contributed by atoms with Gasteiger partial charge in [0.05, 0.1) is 12.7 Å². The van der Waals surface area contributed by atoms with Crippen molar-refractivity contribution in [1.82, 2.24) is 5.32 Å². The van der Waals surface area contributed by atoms with Gasteiger partial charge in [0.1, 0.15) is 11.8 Å². The molecule has 18 heavy (non-hydrogen) atoms. The van der Waals surface area contributed by atoms with Crippen molar-refractivity contribution in [3.63, 3.8) is 0 Å². The van der Waals surface area contributed by atoms with E-state index in [2.05, 4.69) is 25.2 Å². The van der Waals surface area contributed by atoms with E-state index < -0.39 is 0 Å². The summed E-state index contributed by atoms with van der Waals surface area (Å²) in [5.41, 5.74) is 0.990. The van der Waals surface area contributed by atoms with Gasteiger partial charge in [-0.15, -0.1) is 0 Å². The van der Waals surface area contributed by atoms with Crippen LogP contribution in [0.3, 0.4) is 0 Å². The first-order chi connectivity index (χ1) is 8.67. The monoisotopic (exact) mass is 246 g/mol. The summed E-state index contributed by atoms with van der Waals surface area (Å²) < 4.78 is 5.38. The van der Waals surface area contributed by atoms with Crippen LogP contribution in [0.1, 0.15) is 38.8 Å². The second-order valence-corrected chi connectivity index (χ2v) is 4.70. The lowest BCUT2D eigenvalue weighted by molar-refractivity contribution is 0.340. The molecule has 0 radical (unpaired) electrons. The maximum absolute atomic E-state index is 9.17. The van der Waals surface area contributed by atoms with Gasteiger partial charge in [0.15, 0.2) is 0 Å². The molecule has 0 spiro atoms. The molecule has 98 valence electrons. The maximum Gasteiger partial charge on any atom is 0.121 e. The lowest BCUT2D eigenvalue weighted by atomic mass is 10.1. The predicted molar refractivity (Wildman–Crippen MR) is 73.4 cm³/mol. The fourth-order valence-electron chi connectivity index (χ4n) is 1.68. The van der Waals surface area contributed by atoms with Crippen molar-refractivity contribution in [1.29, 1.82) is 5.26 Å². The van der Waals surface area contributed by atoms with Crippen LogP contribution in [-0.2, 0) is 0 Å². The molecule has 0 aromatic heterocycles. The van der Waals surface area contributed by atoms with Gasteiger partial charge in [0.25, 0.3) is 0 Å². The number of rotatable bonds is 7. The van der Waals surface area contributed by atoms with Crippen molar-refractivity contribution in [2.24, 2.45) is 5.92 Å². The summed E-state index contributed by atoms with van der Waals surface area (Å²) >= 11 is 0. The fourth-order valence-corrected chi connectivity index (χ4v) is 1.68. The zero-order valence-corrected chi connectivity index (χ0v) is 11.4. The van der Waals surface area contributed by atoms with Gasteiger partial charge in [0, 0.05) is 0 Å². The van der Waals surface area contributed by atoms with Crippen molar-refractivity contribution < 1.29 is 4.74 Å². The smallest absolute Gasteiger partial charge is 0.121 e. The van der Waals surface area contributed by atoms with Gasteiger partial charge < -0.3 is 4.74 Å². The Morgan fingerprint density at radius 2 is 1.94 bits per heavy atom. The molecule has 1 N–H and O–H groups in total. The summed E-state index contributed by atoms with van der Waals surface area (Å²) in [5.74, 6) is 1.50. The molecule has 0 amide bonds. The molecular formula is C15H22N2O. The van der Waals surface area contributed by atoms with Crippen molar-refractivity contribution >= 4 is 0 Å². The lowest BCUT2D eigenvalue weighted by Crippen LogP contribution is -2.22. The second-order valence-electron chi connectivity index (χ2n) is 4.70. The standard InChI is InChI=1S/C15H22N2O/c1-4-18-14-7-5-13(6-8-14)15(11-16)17-10-9-12(2)3/h5-8,12,15,17H,4,9-10H2,1-3H3. The van der Waals surface area contributed by atoms with E-state index >= 15 is 0 Å². The maximum atomic E-state index is 9.17. The molecule has 1 aromatic rings. The average Bonchev–Trinajstić information content (AvgIpc) is 2.36. The Kier molecular flexibility index (Phi) is 6.24. The molecule has 1 aromatic carbocycles. The first kappa shape index (κ1) is 14.5. The molecule has 1 rings (SSSR count). The van der Waals surface area contributed by atoms with Gasteiger partial charge in [0.2, 0.25) is 0 Å². The molecular weight excluding hydrogens is 224 g/mol. The number of benzene rings is 1. The molecule has 3 heteroatoms. The van der Waals surface area contributed by atoms with Crippen molar-refractivity contribution in [2.45, 2.75) is 33.2 Å². The van der Waals surface area contributed by atoms with E-state index in [0.717, 1.165) is 24.3 Å². The number of nitrogens with one attached hydrogen (secondary N) is 1. The van der Waals surface area contributed by atoms with E-state index in [1.807, 2.05) is 31.2 Å². The first-order valence-corrected chi connectivity index (χ1v) is 6.53. The number of nitriles is 1. The van der Waals surface area contributed by atoms with Crippen LogP contribution < -0.4 is 10.1 Å². The van der Waals surface area contributed by atoms with Crippen LogP contribution in [0.5, 0.6) is 5.75 Å². The highest BCUT2D eigenvalue weighted by Crippen LogP contribution is 2.17. The van der Waals surface area contributed by atoms with E-state index in [4.69, 9.17) is 4.74 Å². The minimum Gasteiger partial charge on any atom is -0.494 e. The van der Waals surface area contributed by atoms with Gasteiger partial charge >= 0.3 is 0 Å². The number of hydrogen-bond acceptors (Lipinski definition) is 3. The Balaban J connectivity index is 2.56. The summed E-state index contributed by atoms with van der Waals surface area (Å²) in [6, 6.07) is 9.77. The van der Waals surface area contributed by atoms with Gasteiger partial charge in [-0.1, -0.05) is 26.0 Å². The SMILES string of the molecule is CCOc1ccc(C(C#N)NCCC(C)C)cc1. The van der Waals surface area contributed by atoms with E-state index in [-0.39, 0.29) is 6.04 Å². The highest BCUT2D eigenvalue weighted by Gasteiger charge is 2.09. The molecule has 3 nitrogen and oxygen atoms in total. The third-order valence-corrected chi connectivity index (χ3v) is 2.72. The summed E-state index contributed by atoms with van der Waals surface area (Å²) in [6.45, 7) is 7.84. The molecule has 0 aliphatic heterocycles. The zero-order valence-electron chi connectivity index (χ0n) is 11.4. The van der Waals surface area contributed by atoms with E-state index in [1.54, 1.807) is 0 Å². The van der Waals surface area contributed by atoms with Gasteiger partial charge in [-0.3, -0.25) is 5.32 Å². The minimum absolute atomic E-state index is 0.237. The van der Waals surface area contributed by atoms with Gasteiger partial charge in [-0.25, -0.2) is 0 Å². The molecule has 0 heterocycles. The summed E-state index contributed by atoms with van der Waals surface area (Å²) in [7, 11) is 0. The van der Waals surface area contributed by atoms with E-state index in [9.17, 15) is 5.26 Å². The quantitative estimate of drug-likeness (QED) is 0.803.